The Morgan fingerprint density at radius 3 is 2.00 bits per heavy atom. The maximum absolute atomic E-state index is 2.29. The molecule has 0 radical (unpaired) electrons. The third kappa shape index (κ3) is 3.14. The summed E-state index contributed by atoms with van der Waals surface area (Å²) >= 11 is 1.57. The van der Waals surface area contributed by atoms with Crippen molar-refractivity contribution in [3.05, 3.63) is 24.0 Å². The summed E-state index contributed by atoms with van der Waals surface area (Å²) in [5.74, 6) is 0. The van der Waals surface area contributed by atoms with E-state index >= 15 is 0 Å². The number of aromatic nitrogens is 1. The molecule has 0 fully saturated rings. The van der Waals surface area contributed by atoms with Crippen LogP contribution in [0.25, 0.3) is 0 Å². The van der Waals surface area contributed by atoms with Gasteiger partial charge in [-0.15, -0.1) is 0 Å². The van der Waals surface area contributed by atoms with E-state index in [0.29, 0.717) is 5.41 Å². The van der Waals surface area contributed by atoms with E-state index in [9.17, 15) is 0 Å². The van der Waals surface area contributed by atoms with Gasteiger partial charge in [-0.1, -0.05) is 0 Å². The second-order valence-corrected chi connectivity index (χ2v) is 7.52. The van der Waals surface area contributed by atoms with Crippen molar-refractivity contribution < 1.29 is 19.4 Å². The van der Waals surface area contributed by atoms with E-state index in [1.165, 1.54) is 9.46 Å². The van der Waals surface area contributed by atoms with Crippen molar-refractivity contribution in [2.24, 2.45) is 5.41 Å². The third-order valence-corrected chi connectivity index (χ3v) is 5.46. The van der Waals surface area contributed by atoms with E-state index in [1.807, 2.05) is 0 Å². The van der Waals surface area contributed by atoms with Gasteiger partial charge in [0.1, 0.15) is 0 Å². The molecule has 0 aliphatic heterocycles. The molecule has 0 aromatic carbocycles. The molecule has 0 atom stereocenters. The molecule has 0 saturated carbocycles. The minimum absolute atomic E-state index is 0.186. The number of nitrogens with zero attached hydrogens (tertiary/aromatic N) is 1. The normalized spacial score (nSPS) is 12.9. The second-order valence-electron chi connectivity index (χ2n) is 6.06. The summed E-state index contributed by atoms with van der Waals surface area (Å²) in [5.41, 5.74) is 1.87. The van der Waals surface area contributed by atoms with E-state index in [0.717, 1.165) is 0 Å². The average molecular weight is 375 g/mol. The first-order chi connectivity index (χ1) is 6.62. The monoisotopic (exact) mass is 375 g/mol. The van der Waals surface area contributed by atoms with Gasteiger partial charge in [-0.25, -0.2) is 0 Å². The predicted molar refractivity (Wildman–Crippen MR) is 63.0 cm³/mol. The average Bonchev–Trinajstić information content (AvgIpc) is 2.47. The summed E-state index contributed by atoms with van der Waals surface area (Å²) in [6.07, 6.45) is 4.46. The molecule has 0 aliphatic rings. The molecule has 1 rings (SSSR count). The van der Waals surface area contributed by atoms with E-state index in [2.05, 4.69) is 64.6 Å². The molecule has 0 spiro atoms. The Morgan fingerprint density at radius 2 is 1.67 bits per heavy atom. The van der Waals surface area contributed by atoms with Gasteiger partial charge in [-0.3, -0.25) is 0 Å². The van der Waals surface area contributed by atoms with Crippen LogP contribution in [0, 0.1) is 5.41 Å². The van der Waals surface area contributed by atoms with Gasteiger partial charge in [0.05, 0.1) is 0 Å². The number of hydrogen-bond acceptors (Lipinski definition) is 0. The Hall–Kier alpha value is -0.162. The Balaban J connectivity index is 3.01. The summed E-state index contributed by atoms with van der Waals surface area (Å²) in [4.78, 5) is 0. The van der Waals surface area contributed by atoms with Crippen LogP contribution in [-0.4, -0.2) is 8.47 Å². The van der Waals surface area contributed by atoms with Crippen molar-refractivity contribution in [1.82, 2.24) is 4.57 Å². The van der Waals surface area contributed by atoms with Gasteiger partial charge in [0, 0.05) is 0 Å². The number of hydrogen-bond donors (Lipinski definition) is 0. The van der Waals surface area contributed by atoms with Crippen molar-refractivity contribution in [3.8, 4) is 0 Å². The van der Waals surface area contributed by atoms with Crippen molar-refractivity contribution >= 4 is 3.90 Å². The van der Waals surface area contributed by atoms with Crippen LogP contribution in [0.1, 0.15) is 47.1 Å². The van der Waals surface area contributed by atoms with Crippen molar-refractivity contribution in [2.45, 2.75) is 47.1 Å². The third-order valence-electron chi connectivity index (χ3n) is 2.41. The molecule has 1 aromatic rings. The van der Waals surface area contributed by atoms with Gasteiger partial charge in [-0.2, -0.15) is 0 Å². The topological polar surface area (TPSA) is 4.93 Å². The van der Waals surface area contributed by atoms with Crippen molar-refractivity contribution in [3.63, 3.8) is 0 Å². The van der Waals surface area contributed by atoms with E-state index in [4.69, 9.17) is 0 Å². The number of rotatable bonds is 1. The SMILES string of the molecule is CC(C)(C)[C](=[W])c1ccn(C(C)(C)C)c1. The molecule has 1 heterocycles. The molecule has 0 aliphatic carbocycles. The van der Waals surface area contributed by atoms with Gasteiger partial charge in [-0.05, 0) is 0 Å². The second kappa shape index (κ2) is 4.01. The van der Waals surface area contributed by atoms with Crippen LogP contribution in [0.5, 0.6) is 0 Å². The molecule has 0 amide bonds. The van der Waals surface area contributed by atoms with Gasteiger partial charge in [0.2, 0.25) is 0 Å². The van der Waals surface area contributed by atoms with Gasteiger partial charge in [0.25, 0.3) is 0 Å². The van der Waals surface area contributed by atoms with Crippen LogP contribution in [0.4, 0.5) is 0 Å². The predicted octanol–water partition coefficient (Wildman–Crippen LogP) is 3.36. The molecule has 0 bridgehead atoms. The maximum atomic E-state index is 2.29. The van der Waals surface area contributed by atoms with Gasteiger partial charge < -0.3 is 0 Å². The fraction of sp³-hybridized carbons (Fsp3) is 0.615. The van der Waals surface area contributed by atoms with Crippen LogP contribution in [0.15, 0.2) is 18.5 Å². The fourth-order valence-electron chi connectivity index (χ4n) is 1.38. The van der Waals surface area contributed by atoms with Crippen LogP contribution in [-0.2, 0) is 24.9 Å². The quantitative estimate of drug-likeness (QED) is 0.710. The van der Waals surface area contributed by atoms with Crippen LogP contribution >= 0.6 is 0 Å². The van der Waals surface area contributed by atoms with Gasteiger partial charge >= 0.3 is 104 Å². The van der Waals surface area contributed by atoms with Crippen molar-refractivity contribution in [2.75, 3.05) is 0 Å². The van der Waals surface area contributed by atoms with E-state index in [1.54, 1.807) is 19.4 Å². The molecule has 0 unspecified atom stereocenters. The Bertz CT molecular complexity index is 361. The zero-order valence-corrected chi connectivity index (χ0v) is 13.5. The summed E-state index contributed by atoms with van der Waals surface area (Å²) < 4.78 is 3.82. The molecule has 15 heavy (non-hydrogen) atoms. The molecule has 0 N–H and O–H groups in total. The molecular weight excluding hydrogens is 354 g/mol. The molecule has 84 valence electrons. The van der Waals surface area contributed by atoms with Crippen LogP contribution < -0.4 is 0 Å². The summed E-state index contributed by atoms with van der Waals surface area (Å²) in [5, 5.41) is 0. The summed E-state index contributed by atoms with van der Waals surface area (Å²) in [7, 11) is 0. The molecule has 1 aromatic heterocycles. The standard InChI is InChI=1S/C13H21N.W/c1-12(2,3)9-11-7-8-14(10-11)13(4,5)6;/h7-8,10H,1-6H3;. The molecule has 1 nitrogen and oxygen atoms in total. The van der Waals surface area contributed by atoms with Crippen LogP contribution in [0.2, 0.25) is 0 Å². The van der Waals surface area contributed by atoms with Gasteiger partial charge in [0.15, 0.2) is 0 Å². The van der Waals surface area contributed by atoms with Crippen LogP contribution in [0.3, 0.4) is 0 Å². The summed E-state index contributed by atoms with van der Waals surface area (Å²) in [6.45, 7) is 13.5. The Morgan fingerprint density at radius 1 is 1.13 bits per heavy atom. The molecule has 0 saturated heterocycles. The first-order valence-electron chi connectivity index (χ1n) is 5.35. The minimum atomic E-state index is 0.186. The van der Waals surface area contributed by atoms with E-state index in [-0.39, 0.29) is 5.54 Å². The Kier molecular flexibility index (Phi) is 3.45. The van der Waals surface area contributed by atoms with Crippen molar-refractivity contribution in [1.29, 1.82) is 0 Å². The Labute approximate surface area is 104 Å². The van der Waals surface area contributed by atoms with E-state index < -0.39 is 0 Å². The molecular formula is C13H21NW. The zero-order valence-electron chi connectivity index (χ0n) is 10.6. The zero-order chi connectivity index (χ0) is 11.9. The first kappa shape index (κ1) is 12.9. The first-order valence-corrected chi connectivity index (χ1v) is 6.82. The molecule has 2 heteroatoms. The fourth-order valence-corrected chi connectivity index (χ4v) is 1.81. The summed E-state index contributed by atoms with van der Waals surface area (Å²) in [6, 6.07) is 2.23.